The van der Waals surface area contributed by atoms with Gasteiger partial charge in [-0.1, -0.05) is 54.6 Å². The van der Waals surface area contributed by atoms with Gasteiger partial charge in [0.2, 0.25) is 0 Å². The number of benzene rings is 3. The van der Waals surface area contributed by atoms with Crippen molar-refractivity contribution in [3.8, 4) is 11.5 Å². The molecule has 138 valence electrons. The van der Waals surface area contributed by atoms with Crippen molar-refractivity contribution in [3.05, 3.63) is 95.6 Å². The molecule has 0 unspecified atom stereocenters. The van der Waals surface area contributed by atoms with Gasteiger partial charge in [-0.3, -0.25) is 0 Å². The summed E-state index contributed by atoms with van der Waals surface area (Å²) >= 11 is 0. The highest BCUT2D eigenvalue weighted by atomic mass is 16.5. The van der Waals surface area contributed by atoms with Gasteiger partial charge in [-0.05, 0) is 59.7 Å². The second-order valence-electron chi connectivity index (χ2n) is 7.21. The lowest BCUT2D eigenvalue weighted by atomic mass is 9.65. The Labute approximate surface area is 160 Å². The van der Waals surface area contributed by atoms with Crippen molar-refractivity contribution in [2.45, 2.75) is 31.0 Å². The van der Waals surface area contributed by atoms with E-state index in [1.807, 2.05) is 66.7 Å². The van der Waals surface area contributed by atoms with Gasteiger partial charge >= 0.3 is 0 Å². The highest BCUT2D eigenvalue weighted by Gasteiger charge is 2.44. The summed E-state index contributed by atoms with van der Waals surface area (Å²) in [5.74, 6) is 2.06. The van der Waals surface area contributed by atoms with Crippen molar-refractivity contribution in [3.63, 3.8) is 0 Å². The zero-order chi connectivity index (χ0) is 18.7. The molecule has 0 aliphatic heterocycles. The molecule has 1 aliphatic rings. The van der Waals surface area contributed by atoms with Crippen LogP contribution in [0, 0.1) is 0 Å². The lowest BCUT2D eigenvalue weighted by Crippen LogP contribution is -2.39. The summed E-state index contributed by atoms with van der Waals surface area (Å²) in [6, 6.07) is 26.1. The third kappa shape index (κ3) is 3.83. The first kappa shape index (κ1) is 17.6. The van der Waals surface area contributed by atoms with Gasteiger partial charge in [-0.25, -0.2) is 0 Å². The van der Waals surface area contributed by atoms with Crippen molar-refractivity contribution in [2.24, 2.45) is 0 Å². The Hall–Kier alpha value is -2.78. The Balaban J connectivity index is 1.36. The minimum Gasteiger partial charge on any atom is -0.497 e. The molecule has 3 nitrogen and oxygen atoms in total. The van der Waals surface area contributed by atoms with Crippen LogP contribution in [-0.4, -0.2) is 12.2 Å². The average molecular weight is 360 g/mol. The Bertz CT molecular complexity index is 864. The van der Waals surface area contributed by atoms with Crippen LogP contribution in [0.2, 0.25) is 0 Å². The number of hydrogen-bond donors (Lipinski definition) is 1. The first-order valence-corrected chi connectivity index (χ1v) is 9.30. The second-order valence-corrected chi connectivity index (χ2v) is 7.21. The topological polar surface area (TPSA) is 38.7 Å². The van der Waals surface area contributed by atoms with Crippen LogP contribution >= 0.6 is 0 Å². The van der Waals surface area contributed by atoms with E-state index in [1.54, 1.807) is 7.11 Å². The summed E-state index contributed by atoms with van der Waals surface area (Å²) < 4.78 is 11.0. The van der Waals surface area contributed by atoms with Crippen molar-refractivity contribution >= 4 is 0 Å². The summed E-state index contributed by atoms with van der Waals surface area (Å²) in [5.41, 5.74) is 2.60. The molecule has 0 atom stereocenters. The van der Waals surface area contributed by atoms with Crippen LogP contribution < -0.4 is 9.47 Å². The second kappa shape index (κ2) is 7.45. The highest BCUT2D eigenvalue weighted by molar-refractivity contribution is 5.37. The molecule has 0 radical (unpaired) electrons. The maximum Gasteiger partial charge on any atom is 0.119 e. The minimum absolute atomic E-state index is 0.384. The van der Waals surface area contributed by atoms with Crippen molar-refractivity contribution in [2.75, 3.05) is 7.11 Å². The molecule has 27 heavy (non-hydrogen) atoms. The molecular weight excluding hydrogens is 336 g/mol. The molecule has 3 aromatic carbocycles. The fraction of sp³-hybridized carbons (Fsp3) is 0.250. The number of methoxy groups -OCH3 is 1. The Kier molecular flexibility index (Phi) is 4.87. The normalized spacial score (nSPS) is 21.3. The fourth-order valence-corrected chi connectivity index (χ4v) is 3.71. The Morgan fingerprint density at radius 3 is 2.11 bits per heavy atom. The molecule has 1 saturated carbocycles. The summed E-state index contributed by atoms with van der Waals surface area (Å²) in [5, 5.41) is 10.9. The zero-order valence-corrected chi connectivity index (χ0v) is 15.5. The van der Waals surface area contributed by atoms with Crippen LogP contribution in [0.3, 0.4) is 0 Å². The van der Waals surface area contributed by atoms with Crippen LogP contribution in [-0.2, 0) is 12.2 Å². The molecule has 1 N–H and O–H groups in total. The average Bonchev–Trinajstić information content (AvgIpc) is 2.71. The Morgan fingerprint density at radius 1 is 0.852 bits per heavy atom. The summed E-state index contributed by atoms with van der Waals surface area (Å²) in [6.45, 7) is 0.546. The number of ether oxygens (including phenoxy) is 2. The van der Waals surface area contributed by atoms with Crippen LogP contribution in [0.4, 0.5) is 0 Å². The van der Waals surface area contributed by atoms with Gasteiger partial charge in [0, 0.05) is 0 Å². The van der Waals surface area contributed by atoms with E-state index in [4.69, 9.17) is 9.47 Å². The fourth-order valence-electron chi connectivity index (χ4n) is 3.71. The van der Waals surface area contributed by atoms with Gasteiger partial charge in [0.05, 0.1) is 12.7 Å². The maximum absolute atomic E-state index is 10.9. The molecule has 0 bridgehead atoms. The Morgan fingerprint density at radius 2 is 1.48 bits per heavy atom. The van der Waals surface area contributed by atoms with Gasteiger partial charge in [-0.2, -0.15) is 0 Å². The SMILES string of the molecule is COc1ccc(C2CC(O)(c3ccc(OCc4ccccc4)cc3)C2)cc1. The van der Waals surface area contributed by atoms with E-state index >= 15 is 0 Å². The van der Waals surface area contributed by atoms with Gasteiger partial charge < -0.3 is 14.6 Å². The van der Waals surface area contributed by atoms with Crippen LogP contribution in [0.15, 0.2) is 78.9 Å². The lowest BCUT2D eigenvalue weighted by molar-refractivity contribution is -0.0550. The van der Waals surface area contributed by atoms with Gasteiger partial charge in [0.15, 0.2) is 0 Å². The summed E-state index contributed by atoms with van der Waals surface area (Å²) in [6.07, 6.45) is 1.48. The first-order chi connectivity index (χ1) is 13.2. The molecule has 4 rings (SSSR count). The summed E-state index contributed by atoms with van der Waals surface area (Å²) in [7, 11) is 1.67. The van der Waals surface area contributed by atoms with Gasteiger partial charge in [0.1, 0.15) is 18.1 Å². The third-order valence-corrected chi connectivity index (χ3v) is 5.40. The van der Waals surface area contributed by atoms with E-state index in [9.17, 15) is 5.11 Å². The lowest BCUT2D eigenvalue weighted by Gasteiger charge is -2.44. The van der Waals surface area contributed by atoms with Crippen LogP contribution in [0.25, 0.3) is 0 Å². The molecule has 3 heteroatoms. The van der Waals surface area contributed by atoms with Crippen molar-refractivity contribution < 1.29 is 14.6 Å². The van der Waals surface area contributed by atoms with E-state index in [0.717, 1.165) is 35.5 Å². The summed E-state index contributed by atoms with van der Waals surface area (Å²) in [4.78, 5) is 0. The number of rotatable bonds is 6. The number of aliphatic hydroxyl groups is 1. The molecule has 0 spiro atoms. The third-order valence-electron chi connectivity index (χ3n) is 5.40. The van der Waals surface area contributed by atoms with E-state index in [2.05, 4.69) is 12.1 Å². The molecule has 1 aliphatic carbocycles. The first-order valence-electron chi connectivity index (χ1n) is 9.30. The smallest absolute Gasteiger partial charge is 0.119 e. The highest BCUT2D eigenvalue weighted by Crippen LogP contribution is 2.51. The van der Waals surface area contributed by atoms with Gasteiger partial charge in [0.25, 0.3) is 0 Å². The quantitative estimate of drug-likeness (QED) is 0.669. The molecular formula is C24H24O3. The predicted octanol–water partition coefficient (Wildman–Crippen LogP) is 5.04. The number of hydrogen-bond acceptors (Lipinski definition) is 3. The van der Waals surface area contributed by atoms with Crippen molar-refractivity contribution in [1.82, 2.24) is 0 Å². The van der Waals surface area contributed by atoms with E-state index in [0.29, 0.717) is 12.5 Å². The van der Waals surface area contributed by atoms with Crippen molar-refractivity contribution in [1.29, 1.82) is 0 Å². The van der Waals surface area contributed by atoms with E-state index in [1.165, 1.54) is 5.56 Å². The monoisotopic (exact) mass is 360 g/mol. The maximum atomic E-state index is 10.9. The zero-order valence-electron chi connectivity index (χ0n) is 15.5. The molecule has 0 aromatic heterocycles. The largest absolute Gasteiger partial charge is 0.497 e. The van der Waals surface area contributed by atoms with E-state index in [-0.39, 0.29) is 0 Å². The predicted molar refractivity (Wildman–Crippen MR) is 106 cm³/mol. The van der Waals surface area contributed by atoms with Crippen LogP contribution in [0.5, 0.6) is 11.5 Å². The van der Waals surface area contributed by atoms with Gasteiger partial charge in [-0.15, -0.1) is 0 Å². The molecule has 0 amide bonds. The van der Waals surface area contributed by atoms with E-state index < -0.39 is 5.60 Å². The minimum atomic E-state index is -0.747. The molecule has 3 aromatic rings. The standard InChI is InChI=1S/C24H24O3/c1-26-22-11-7-19(8-12-22)20-15-24(25,16-20)21-9-13-23(14-10-21)27-17-18-5-3-2-4-6-18/h2-14,20,25H,15-17H2,1H3. The molecule has 1 fully saturated rings. The molecule has 0 saturated heterocycles. The van der Waals surface area contributed by atoms with Crippen LogP contribution in [0.1, 0.15) is 35.4 Å². The molecule has 0 heterocycles.